The van der Waals surface area contributed by atoms with Gasteiger partial charge in [0.2, 0.25) is 0 Å². The average Bonchev–Trinajstić information content (AvgIpc) is 1.83. The van der Waals surface area contributed by atoms with Crippen LogP contribution in [0.5, 0.6) is 0 Å². The third-order valence-corrected chi connectivity index (χ3v) is 8.56. The Morgan fingerprint density at radius 3 is 2.50 bits per heavy atom. The molecular formula is C5H12Si3. The fourth-order valence-corrected chi connectivity index (χ4v) is 6.19. The lowest BCUT2D eigenvalue weighted by atomic mass is 10.4. The molecule has 0 aromatic carbocycles. The van der Waals surface area contributed by atoms with E-state index in [1.807, 2.05) is 0 Å². The molecule has 0 rings (SSSR count). The second-order valence-electron chi connectivity index (χ2n) is 1.83. The zero-order valence-electron chi connectivity index (χ0n) is 5.78. The minimum atomic E-state index is 1.00. The van der Waals surface area contributed by atoms with E-state index in [1.54, 1.807) is 0 Å². The third kappa shape index (κ3) is 4.80. The van der Waals surface area contributed by atoms with Crippen LogP contribution in [0.4, 0.5) is 0 Å². The Kier molecular flexibility index (Phi) is 6.25. The summed E-state index contributed by atoms with van der Waals surface area (Å²) in [6.07, 6.45) is 1.37. The van der Waals surface area contributed by atoms with Crippen molar-refractivity contribution >= 4 is 26.6 Å². The standard InChI is InChI=1S/C5H12Si3/c1-4-5(2)7-8-6-3/h5H,4H2,1-3H3. The van der Waals surface area contributed by atoms with Gasteiger partial charge in [0.15, 0.2) is 0 Å². The van der Waals surface area contributed by atoms with E-state index in [2.05, 4.69) is 20.4 Å². The van der Waals surface area contributed by atoms with Crippen LogP contribution >= 0.6 is 0 Å². The van der Waals surface area contributed by atoms with Crippen LogP contribution in [0.1, 0.15) is 20.3 Å². The zero-order valence-corrected chi connectivity index (χ0v) is 8.78. The average molecular weight is 156 g/mol. The quantitative estimate of drug-likeness (QED) is 0.537. The van der Waals surface area contributed by atoms with Crippen LogP contribution in [0.2, 0.25) is 12.1 Å². The van der Waals surface area contributed by atoms with E-state index in [-0.39, 0.29) is 0 Å². The molecule has 1 atom stereocenters. The molecule has 0 aromatic rings. The SMILES string of the molecule is CCC(C)[Si][Si][Si]C. The molecule has 0 bridgehead atoms. The summed E-state index contributed by atoms with van der Waals surface area (Å²) in [5.41, 5.74) is 1.00. The summed E-state index contributed by atoms with van der Waals surface area (Å²) >= 11 is 0. The Labute approximate surface area is 59.5 Å². The zero-order chi connectivity index (χ0) is 6.41. The van der Waals surface area contributed by atoms with Gasteiger partial charge >= 0.3 is 0 Å². The molecule has 8 heavy (non-hydrogen) atoms. The van der Waals surface area contributed by atoms with Crippen molar-refractivity contribution in [1.29, 1.82) is 0 Å². The Morgan fingerprint density at radius 1 is 1.50 bits per heavy atom. The third-order valence-electron chi connectivity index (χ3n) is 1.06. The van der Waals surface area contributed by atoms with E-state index >= 15 is 0 Å². The Balaban J connectivity index is 2.86. The van der Waals surface area contributed by atoms with Gasteiger partial charge in [0.05, 0.1) is 0 Å². The molecule has 0 aliphatic heterocycles. The highest BCUT2D eigenvalue weighted by Gasteiger charge is 1.97. The van der Waals surface area contributed by atoms with Gasteiger partial charge in [-0.05, 0) is 0 Å². The molecule has 0 amide bonds. The van der Waals surface area contributed by atoms with Crippen molar-refractivity contribution in [3.63, 3.8) is 0 Å². The smallest absolute Gasteiger partial charge is 0.0220 e. The molecule has 3 heteroatoms. The van der Waals surface area contributed by atoms with Crippen molar-refractivity contribution in [2.24, 2.45) is 0 Å². The van der Waals surface area contributed by atoms with E-state index in [0.29, 0.717) is 0 Å². The highest BCUT2D eigenvalue weighted by molar-refractivity contribution is 7.29. The maximum absolute atomic E-state index is 2.35. The molecule has 0 fully saturated rings. The van der Waals surface area contributed by atoms with E-state index in [0.717, 1.165) is 5.54 Å². The normalized spacial score (nSPS) is 13.9. The fourth-order valence-electron chi connectivity index (χ4n) is 0.297. The summed E-state index contributed by atoms with van der Waals surface area (Å²) in [5, 5.41) is 0. The molecule has 0 saturated heterocycles. The van der Waals surface area contributed by atoms with E-state index in [1.165, 1.54) is 33.0 Å². The van der Waals surface area contributed by atoms with Gasteiger partial charge in [0, 0.05) is 26.6 Å². The number of hydrogen-bond acceptors (Lipinski definition) is 0. The monoisotopic (exact) mass is 156 g/mol. The second kappa shape index (κ2) is 5.78. The summed E-state index contributed by atoms with van der Waals surface area (Å²) < 4.78 is 0. The first-order chi connectivity index (χ1) is 3.81. The molecule has 0 N–H and O–H groups in total. The van der Waals surface area contributed by atoms with Crippen LogP contribution in [-0.4, -0.2) is 26.6 Å². The molecule has 0 aliphatic carbocycles. The maximum Gasteiger partial charge on any atom is 0.0220 e. The van der Waals surface area contributed by atoms with Crippen molar-refractivity contribution in [3.8, 4) is 0 Å². The molecule has 0 spiro atoms. The first-order valence-electron chi connectivity index (χ1n) is 2.98. The predicted molar refractivity (Wildman–Crippen MR) is 42.8 cm³/mol. The van der Waals surface area contributed by atoms with Crippen LogP contribution in [0.25, 0.3) is 0 Å². The minimum absolute atomic E-state index is 1.00. The molecule has 0 aromatic heterocycles. The lowest BCUT2D eigenvalue weighted by Gasteiger charge is -2.02. The van der Waals surface area contributed by atoms with Crippen molar-refractivity contribution in [2.75, 3.05) is 0 Å². The van der Waals surface area contributed by atoms with Crippen LogP contribution in [-0.2, 0) is 0 Å². The van der Waals surface area contributed by atoms with Crippen molar-refractivity contribution in [2.45, 2.75) is 32.4 Å². The molecular weight excluding hydrogens is 144 g/mol. The van der Waals surface area contributed by atoms with Gasteiger partial charge in [-0.25, -0.2) is 0 Å². The summed E-state index contributed by atoms with van der Waals surface area (Å²) in [4.78, 5) is 0. The number of rotatable bonds is 4. The maximum atomic E-state index is 2.35. The predicted octanol–water partition coefficient (Wildman–Crippen LogP) is 1.20. The largest absolute Gasteiger partial charge is 0.0761 e. The number of hydrogen-bond donors (Lipinski definition) is 0. The molecule has 0 nitrogen and oxygen atoms in total. The molecule has 1 unspecified atom stereocenters. The molecule has 44 valence electrons. The van der Waals surface area contributed by atoms with Crippen molar-refractivity contribution in [3.05, 3.63) is 0 Å². The first kappa shape index (κ1) is 8.65. The van der Waals surface area contributed by atoms with Crippen molar-refractivity contribution < 1.29 is 0 Å². The summed E-state index contributed by atoms with van der Waals surface area (Å²) in [6, 6.07) is 0. The van der Waals surface area contributed by atoms with Gasteiger partial charge in [-0.2, -0.15) is 0 Å². The van der Waals surface area contributed by atoms with Gasteiger partial charge in [0.1, 0.15) is 0 Å². The summed E-state index contributed by atoms with van der Waals surface area (Å²) in [5.74, 6) is 0. The van der Waals surface area contributed by atoms with Crippen LogP contribution in [0.15, 0.2) is 0 Å². The molecule has 0 aliphatic rings. The molecule has 0 heterocycles. The van der Waals surface area contributed by atoms with Gasteiger partial charge in [-0.1, -0.05) is 32.4 Å². The second-order valence-corrected chi connectivity index (χ2v) is 9.22. The Bertz CT molecular complexity index is 46.9. The van der Waals surface area contributed by atoms with Crippen LogP contribution in [0.3, 0.4) is 0 Å². The van der Waals surface area contributed by atoms with E-state index in [4.69, 9.17) is 0 Å². The molecule has 0 saturated carbocycles. The Hall–Kier alpha value is 0.651. The van der Waals surface area contributed by atoms with Gasteiger partial charge < -0.3 is 0 Å². The highest BCUT2D eigenvalue weighted by atomic mass is 29.5. The first-order valence-corrected chi connectivity index (χ1v) is 8.56. The van der Waals surface area contributed by atoms with Gasteiger partial charge in [0.25, 0.3) is 0 Å². The lowest BCUT2D eigenvalue weighted by molar-refractivity contribution is 0.877. The van der Waals surface area contributed by atoms with E-state index in [9.17, 15) is 0 Å². The molecule has 6 radical (unpaired) electrons. The summed E-state index contributed by atoms with van der Waals surface area (Å²) in [6.45, 7) is 6.93. The minimum Gasteiger partial charge on any atom is -0.0761 e. The Morgan fingerprint density at radius 2 is 2.12 bits per heavy atom. The van der Waals surface area contributed by atoms with Gasteiger partial charge in [-0.3, -0.25) is 0 Å². The highest BCUT2D eigenvalue weighted by Crippen LogP contribution is 2.03. The fraction of sp³-hybridized carbons (Fsp3) is 1.00. The van der Waals surface area contributed by atoms with Crippen LogP contribution in [0, 0.1) is 0 Å². The summed E-state index contributed by atoms with van der Waals surface area (Å²) in [7, 11) is 3.70. The van der Waals surface area contributed by atoms with Gasteiger partial charge in [-0.15, -0.1) is 0 Å². The van der Waals surface area contributed by atoms with E-state index < -0.39 is 0 Å². The van der Waals surface area contributed by atoms with Crippen LogP contribution < -0.4 is 0 Å². The van der Waals surface area contributed by atoms with Crippen molar-refractivity contribution in [1.82, 2.24) is 0 Å². The lowest BCUT2D eigenvalue weighted by Crippen LogP contribution is -2.13. The topological polar surface area (TPSA) is 0 Å².